The van der Waals surface area contributed by atoms with Crippen molar-refractivity contribution in [3.8, 4) is 5.75 Å². The first kappa shape index (κ1) is 29.3. The molecule has 2 fully saturated rings. The second-order valence-electron chi connectivity index (χ2n) is 9.99. The second kappa shape index (κ2) is 14.1. The molecular formula is C29H39N5O3S2. The first-order valence-electron chi connectivity index (χ1n) is 13.6. The SMILES string of the molecule is CCCOc1ccc(NC(=O)CC2C(=O)N(c3cccc(SC)c3)C(=S)N2CCCN2CCN(C)CC2)cc1. The average molecular weight is 570 g/mol. The van der Waals surface area contributed by atoms with Crippen molar-refractivity contribution < 1.29 is 14.3 Å². The Balaban J connectivity index is 1.45. The lowest BCUT2D eigenvalue weighted by Gasteiger charge is -2.33. The van der Waals surface area contributed by atoms with Crippen molar-refractivity contribution in [2.24, 2.45) is 0 Å². The summed E-state index contributed by atoms with van der Waals surface area (Å²) >= 11 is 7.47. The number of hydrogen-bond donors (Lipinski definition) is 1. The summed E-state index contributed by atoms with van der Waals surface area (Å²) in [5, 5.41) is 3.41. The van der Waals surface area contributed by atoms with Crippen LogP contribution < -0.4 is 15.0 Å². The number of carbonyl (C=O) groups is 2. The number of thioether (sulfide) groups is 1. The minimum atomic E-state index is -0.643. The summed E-state index contributed by atoms with van der Waals surface area (Å²) in [4.78, 5) is 36.2. The fourth-order valence-electron chi connectivity index (χ4n) is 4.85. The third kappa shape index (κ3) is 7.72. The second-order valence-corrected chi connectivity index (χ2v) is 11.2. The van der Waals surface area contributed by atoms with Gasteiger partial charge in [-0.25, -0.2) is 0 Å². The molecule has 1 atom stereocenters. The molecule has 0 bridgehead atoms. The van der Waals surface area contributed by atoms with Gasteiger partial charge in [0.15, 0.2) is 5.11 Å². The summed E-state index contributed by atoms with van der Waals surface area (Å²) in [7, 11) is 2.15. The number of amides is 2. The Bertz CT molecular complexity index is 1140. The number of carbonyl (C=O) groups excluding carboxylic acids is 2. The third-order valence-electron chi connectivity index (χ3n) is 7.09. The number of ether oxygens (including phenoxy) is 1. The Labute approximate surface area is 241 Å². The number of likely N-dealkylation sites (N-methyl/N-ethyl adjacent to an activating group) is 1. The smallest absolute Gasteiger partial charge is 0.256 e. The van der Waals surface area contributed by atoms with Gasteiger partial charge in [0, 0.05) is 43.3 Å². The van der Waals surface area contributed by atoms with E-state index in [-0.39, 0.29) is 18.2 Å². The molecule has 2 aliphatic rings. The van der Waals surface area contributed by atoms with E-state index < -0.39 is 6.04 Å². The topological polar surface area (TPSA) is 68.4 Å². The van der Waals surface area contributed by atoms with E-state index in [0.717, 1.165) is 61.9 Å². The molecule has 10 heteroatoms. The Morgan fingerprint density at radius 3 is 2.54 bits per heavy atom. The van der Waals surface area contributed by atoms with E-state index in [1.165, 1.54) is 0 Å². The van der Waals surface area contributed by atoms with Crippen molar-refractivity contribution >= 4 is 52.3 Å². The Hall–Kier alpha value is -2.66. The van der Waals surface area contributed by atoms with Gasteiger partial charge >= 0.3 is 0 Å². The quantitative estimate of drug-likeness (QED) is 0.302. The summed E-state index contributed by atoms with van der Waals surface area (Å²) in [6.45, 7) is 8.48. The van der Waals surface area contributed by atoms with Gasteiger partial charge < -0.3 is 24.8 Å². The maximum Gasteiger partial charge on any atom is 0.256 e. The van der Waals surface area contributed by atoms with Crippen molar-refractivity contribution in [3.05, 3.63) is 48.5 Å². The first-order chi connectivity index (χ1) is 18.9. The van der Waals surface area contributed by atoms with E-state index in [9.17, 15) is 9.59 Å². The van der Waals surface area contributed by atoms with Crippen molar-refractivity contribution in [1.29, 1.82) is 0 Å². The van der Waals surface area contributed by atoms with Gasteiger partial charge in [0.25, 0.3) is 5.91 Å². The molecule has 0 radical (unpaired) electrons. The van der Waals surface area contributed by atoms with Crippen LogP contribution >= 0.6 is 24.0 Å². The number of piperazine rings is 1. The minimum Gasteiger partial charge on any atom is -0.494 e. The molecule has 1 N–H and O–H groups in total. The maximum absolute atomic E-state index is 13.7. The number of hydrogen-bond acceptors (Lipinski definition) is 7. The highest BCUT2D eigenvalue weighted by Crippen LogP contribution is 2.30. The van der Waals surface area contributed by atoms with Gasteiger partial charge in [0.05, 0.1) is 18.7 Å². The van der Waals surface area contributed by atoms with Gasteiger partial charge in [-0.2, -0.15) is 0 Å². The van der Waals surface area contributed by atoms with E-state index in [1.54, 1.807) is 16.7 Å². The van der Waals surface area contributed by atoms with Crippen LogP contribution in [0.5, 0.6) is 5.75 Å². The number of nitrogens with zero attached hydrogens (tertiary/aromatic N) is 4. The zero-order chi connectivity index (χ0) is 27.8. The number of nitrogens with one attached hydrogen (secondary N) is 1. The molecule has 4 rings (SSSR count). The number of benzene rings is 2. The molecule has 0 spiro atoms. The number of rotatable bonds is 12. The molecule has 39 heavy (non-hydrogen) atoms. The highest BCUT2D eigenvalue weighted by Gasteiger charge is 2.44. The van der Waals surface area contributed by atoms with E-state index in [0.29, 0.717) is 24.0 Å². The maximum atomic E-state index is 13.7. The van der Waals surface area contributed by atoms with Gasteiger partial charge in [0.1, 0.15) is 11.8 Å². The molecule has 2 amide bonds. The molecule has 0 aromatic heterocycles. The van der Waals surface area contributed by atoms with Crippen molar-refractivity contribution in [3.63, 3.8) is 0 Å². The van der Waals surface area contributed by atoms with Crippen LogP contribution in [-0.2, 0) is 9.59 Å². The molecule has 0 saturated carbocycles. The largest absolute Gasteiger partial charge is 0.494 e. The van der Waals surface area contributed by atoms with Crippen molar-refractivity contribution in [1.82, 2.24) is 14.7 Å². The van der Waals surface area contributed by atoms with Gasteiger partial charge in [-0.05, 0) is 87.4 Å². The highest BCUT2D eigenvalue weighted by molar-refractivity contribution is 7.98. The summed E-state index contributed by atoms with van der Waals surface area (Å²) < 4.78 is 5.63. The van der Waals surface area contributed by atoms with Crippen LogP contribution in [0.15, 0.2) is 53.4 Å². The summed E-state index contributed by atoms with van der Waals surface area (Å²) in [6.07, 6.45) is 3.83. The van der Waals surface area contributed by atoms with Crippen LogP contribution in [0.3, 0.4) is 0 Å². The molecule has 8 nitrogen and oxygen atoms in total. The molecule has 1 unspecified atom stereocenters. The Kier molecular flexibility index (Phi) is 10.6. The summed E-state index contributed by atoms with van der Waals surface area (Å²) in [5.74, 6) is 0.388. The van der Waals surface area contributed by atoms with Gasteiger partial charge in [-0.15, -0.1) is 11.8 Å². The fraction of sp³-hybridized carbons (Fsp3) is 0.483. The lowest BCUT2D eigenvalue weighted by atomic mass is 10.1. The molecule has 210 valence electrons. The molecule has 2 aromatic carbocycles. The Morgan fingerprint density at radius 1 is 1.10 bits per heavy atom. The van der Waals surface area contributed by atoms with Crippen LogP contribution in [-0.4, -0.2) is 96.8 Å². The van der Waals surface area contributed by atoms with E-state index >= 15 is 0 Å². The summed E-state index contributed by atoms with van der Waals surface area (Å²) in [6, 6.07) is 14.5. The van der Waals surface area contributed by atoms with E-state index in [4.69, 9.17) is 17.0 Å². The standard InChI is InChI=1S/C29H39N5O3S2/c1-4-19-37-24-11-9-22(10-12-24)30-27(35)21-26-28(36)34(23-7-5-8-25(20-23)39-3)29(38)33(26)14-6-13-32-17-15-31(2)16-18-32/h5,7-12,20,26H,4,6,13-19,21H2,1-3H3,(H,30,35). The van der Waals surface area contributed by atoms with Gasteiger partial charge in [-0.1, -0.05) is 13.0 Å². The molecule has 0 aliphatic carbocycles. The average Bonchev–Trinajstić information content (AvgIpc) is 3.17. The molecule has 2 saturated heterocycles. The zero-order valence-electron chi connectivity index (χ0n) is 23.1. The molecule has 2 aromatic rings. The third-order valence-corrected chi connectivity index (χ3v) is 8.23. The van der Waals surface area contributed by atoms with Crippen LogP contribution in [0, 0.1) is 0 Å². The lowest BCUT2D eigenvalue weighted by molar-refractivity contribution is -0.124. The van der Waals surface area contributed by atoms with Crippen LogP contribution in [0.4, 0.5) is 11.4 Å². The summed E-state index contributed by atoms with van der Waals surface area (Å²) in [5.41, 5.74) is 1.41. The normalized spacial score (nSPS) is 18.6. The molecular weight excluding hydrogens is 530 g/mol. The monoisotopic (exact) mass is 569 g/mol. The fourth-order valence-corrected chi connectivity index (χ4v) is 5.72. The lowest BCUT2D eigenvalue weighted by Crippen LogP contribution is -2.45. The van der Waals surface area contributed by atoms with Crippen molar-refractivity contribution in [2.75, 3.05) is 69.4 Å². The van der Waals surface area contributed by atoms with Gasteiger partial charge in [0.2, 0.25) is 5.91 Å². The van der Waals surface area contributed by atoms with Crippen LogP contribution in [0.1, 0.15) is 26.2 Å². The predicted octanol–water partition coefficient (Wildman–Crippen LogP) is 4.17. The molecule has 2 heterocycles. The first-order valence-corrected chi connectivity index (χ1v) is 15.2. The molecule has 2 aliphatic heterocycles. The van der Waals surface area contributed by atoms with Crippen LogP contribution in [0.25, 0.3) is 0 Å². The van der Waals surface area contributed by atoms with Crippen LogP contribution in [0.2, 0.25) is 0 Å². The Morgan fingerprint density at radius 2 is 1.85 bits per heavy atom. The van der Waals surface area contributed by atoms with Crippen molar-refractivity contribution in [2.45, 2.75) is 37.1 Å². The minimum absolute atomic E-state index is 0.0281. The van der Waals surface area contributed by atoms with E-state index in [1.807, 2.05) is 59.7 Å². The number of thiocarbonyl (C=S) groups is 1. The number of anilines is 2. The van der Waals surface area contributed by atoms with E-state index in [2.05, 4.69) is 29.1 Å². The predicted molar refractivity (Wildman–Crippen MR) is 163 cm³/mol. The highest BCUT2D eigenvalue weighted by atomic mass is 32.2. The van der Waals surface area contributed by atoms with Gasteiger partial charge in [-0.3, -0.25) is 14.5 Å². The zero-order valence-corrected chi connectivity index (χ0v) is 24.7.